The summed E-state index contributed by atoms with van der Waals surface area (Å²) in [5.74, 6) is 0.872. The van der Waals surface area contributed by atoms with Crippen molar-refractivity contribution < 1.29 is 4.74 Å². The van der Waals surface area contributed by atoms with E-state index in [2.05, 4.69) is 9.88 Å². The molecule has 0 radical (unpaired) electrons. The number of nitrogens with two attached hydrogens (primary N) is 1. The Morgan fingerprint density at radius 2 is 2.10 bits per heavy atom. The van der Waals surface area contributed by atoms with Crippen LogP contribution in [0.2, 0.25) is 0 Å². The Morgan fingerprint density at radius 3 is 2.85 bits per heavy atom. The number of rotatable bonds is 2. The van der Waals surface area contributed by atoms with Crippen molar-refractivity contribution in [3.63, 3.8) is 0 Å². The smallest absolute Gasteiger partial charge is 0.142 e. The minimum absolute atomic E-state index is 0.0175. The van der Waals surface area contributed by atoms with Gasteiger partial charge < -0.3 is 15.4 Å². The Balaban J connectivity index is 1.98. The van der Waals surface area contributed by atoms with E-state index < -0.39 is 0 Å². The Kier molecular flexibility index (Phi) is 3.25. The van der Waals surface area contributed by atoms with Crippen molar-refractivity contribution in [3.05, 3.63) is 48.3 Å². The second-order valence-electron chi connectivity index (χ2n) is 4.64. The summed E-state index contributed by atoms with van der Waals surface area (Å²) in [5, 5.41) is 7.38. The van der Waals surface area contributed by atoms with Crippen molar-refractivity contribution in [2.24, 2.45) is 5.73 Å². The molecule has 102 valence electrons. The Morgan fingerprint density at radius 1 is 1.25 bits per heavy atom. The molecule has 2 heterocycles. The number of anilines is 2. The van der Waals surface area contributed by atoms with Gasteiger partial charge in [-0.1, -0.05) is 12.1 Å². The minimum Gasteiger partial charge on any atom is -0.491 e. The molecular formula is C15H16N4O. The summed E-state index contributed by atoms with van der Waals surface area (Å²) in [7, 11) is 0. The number of amidine groups is 1. The summed E-state index contributed by atoms with van der Waals surface area (Å²) in [5.41, 5.74) is 7.95. The first-order valence-corrected chi connectivity index (χ1v) is 6.55. The minimum atomic E-state index is -0.0175. The van der Waals surface area contributed by atoms with Crippen molar-refractivity contribution in [2.45, 2.75) is 6.42 Å². The maximum atomic E-state index is 7.38. The fourth-order valence-corrected chi connectivity index (χ4v) is 2.30. The number of aromatic nitrogens is 1. The Bertz CT molecular complexity index is 624. The van der Waals surface area contributed by atoms with Crippen LogP contribution in [0.5, 0.6) is 5.75 Å². The number of benzene rings is 1. The highest BCUT2D eigenvalue weighted by molar-refractivity contribution is 5.93. The van der Waals surface area contributed by atoms with Crippen molar-refractivity contribution in [2.75, 3.05) is 18.1 Å². The zero-order valence-electron chi connectivity index (χ0n) is 11.0. The molecule has 0 spiro atoms. The highest BCUT2D eigenvalue weighted by atomic mass is 16.5. The highest BCUT2D eigenvalue weighted by Crippen LogP contribution is 2.35. The monoisotopic (exact) mass is 268 g/mol. The van der Waals surface area contributed by atoms with Gasteiger partial charge >= 0.3 is 0 Å². The van der Waals surface area contributed by atoms with Crippen LogP contribution in [-0.2, 0) is 0 Å². The molecule has 0 bridgehead atoms. The van der Waals surface area contributed by atoms with Crippen LogP contribution in [-0.4, -0.2) is 24.0 Å². The molecule has 0 unspecified atom stereocenters. The molecule has 0 aliphatic carbocycles. The van der Waals surface area contributed by atoms with E-state index in [0.717, 1.165) is 30.1 Å². The summed E-state index contributed by atoms with van der Waals surface area (Å²) in [4.78, 5) is 6.40. The molecule has 1 aromatic heterocycles. The van der Waals surface area contributed by atoms with Crippen LogP contribution >= 0.6 is 0 Å². The molecule has 1 aromatic carbocycles. The van der Waals surface area contributed by atoms with Gasteiger partial charge in [0.25, 0.3) is 0 Å². The van der Waals surface area contributed by atoms with Crippen molar-refractivity contribution in [3.8, 4) is 5.75 Å². The molecule has 2 aromatic rings. The summed E-state index contributed by atoms with van der Waals surface area (Å²) in [6, 6.07) is 11.7. The quantitative estimate of drug-likeness (QED) is 0.647. The molecule has 0 atom stereocenters. The summed E-state index contributed by atoms with van der Waals surface area (Å²) < 4.78 is 5.75. The molecule has 0 amide bonds. The predicted octanol–water partition coefficient (Wildman–Crippen LogP) is 2.29. The van der Waals surface area contributed by atoms with Gasteiger partial charge in [0.1, 0.15) is 17.3 Å². The van der Waals surface area contributed by atoms with Crippen LogP contribution in [0.3, 0.4) is 0 Å². The fraction of sp³-hybridized carbons (Fsp3) is 0.200. The molecular weight excluding hydrogens is 252 g/mol. The van der Waals surface area contributed by atoms with Gasteiger partial charge in [0.05, 0.1) is 24.2 Å². The second kappa shape index (κ2) is 5.21. The number of para-hydroxylation sites is 2. The lowest BCUT2D eigenvalue weighted by atomic mass is 10.2. The molecule has 0 fully saturated rings. The molecule has 1 aliphatic rings. The number of nitrogens with zero attached hydrogens (tertiary/aromatic N) is 2. The number of hydrogen-bond acceptors (Lipinski definition) is 4. The number of ether oxygens (including phenoxy) is 1. The van der Waals surface area contributed by atoms with E-state index in [1.807, 2.05) is 30.3 Å². The molecule has 0 saturated carbocycles. The average Bonchev–Trinajstić information content (AvgIpc) is 2.69. The van der Waals surface area contributed by atoms with Gasteiger partial charge in [-0.15, -0.1) is 0 Å². The standard InChI is InChI=1S/C15H16N4O/c16-15(17)12-7-6-11(10-18-12)19-8-3-9-20-14-5-2-1-4-13(14)19/h1-2,4-7,10H,3,8-9H2,(H3,16,17). The first-order valence-electron chi connectivity index (χ1n) is 6.55. The van der Waals surface area contributed by atoms with Crippen molar-refractivity contribution >= 4 is 17.2 Å². The highest BCUT2D eigenvalue weighted by Gasteiger charge is 2.17. The normalized spacial score (nSPS) is 14.1. The van der Waals surface area contributed by atoms with Crippen molar-refractivity contribution in [1.82, 2.24) is 4.98 Å². The topological polar surface area (TPSA) is 75.2 Å². The van der Waals surface area contributed by atoms with Gasteiger partial charge in [0, 0.05) is 6.54 Å². The lowest BCUT2D eigenvalue weighted by Crippen LogP contribution is -2.19. The first kappa shape index (κ1) is 12.5. The van der Waals surface area contributed by atoms with Crippen LogP contribution < -0.4 is 15.4 Å². The number of fused-ring (bicyclic) bond motifs is 1. The second-order valence-corrected chi connectivity index (χ2v) is 4.64. The lowest BCUT2D eigenvalue weighted by molar-refractivity contribution is 0.322. The van der Waals surface area contributed by atoms with E-state index in [4.69, 9.17) is 15.9 Å². The van der Waals surface area contributed by atoms with Gasteiger partial charge in [-0.25, -0.2) is 0 Å². The SMILES string of the molecule is N=C(N)c1ccc(N2CCCOc3ccccc32)cn1. The Hall–Kier alpha value is -2.56. The number of hydrogen-bond donors (Lipinski definition) is 2. The van der Waals surface area contributed by atoms with E-state index in [-0.39, 0.29) is 5.84 Å². The third kappa shape index (κ3) is 2.30. The number of nitrogens with one attached hydrogen (secondary N) is 1. The third-order valence-corrected chi connectivity index (χ3v) is 3.28. The van der Waals surface area contributed by atoms with Crippen LogP contribution in [0, 0.1) is 5.41 Å². The summed E-state index contributed by atoms with van der Waals surface area (Å²) in [6.45, 7) is 1.59. The molecule has 5 heteroatoms. The largest absolute Gasteiger partial charge is 0.491 e. The van der Waals surface area contributed by atoms with Crippen LogP contribution in [0.4, 0.5) is 11.4 Å². The van der Waals surface area contributed by atoms with Gasteiger partial charge in [-0.05, 0) is 30.7 Å². The molecule has 0 saturated heterocycles. The van der Waals surface area contributed by atoms with Crippen LogP contribution in [0.25, 0.3) is 0 Å². The lowest BCUT2D eigenvalue weighted by Gasteiger charge is -2.23. The van der Waals surface area contributed by atoms with Crippen LogP contribution in [0.1, 0.15) is 12.1 Å². The van der Waals surface area contributed by atoms with Crippen LogP contribution in [0.15, 0.2) is 42.6 Å². The number of nitrogen functional groups attached to an aromatic ring is 1. The maximum Gasteiger partial charge on any atom is 0.142 e. The molecule has 3 N–H and O–H groups in total. The van der Waals surface area contributed by atoms with Crippen molar-refractivity contribution in [1.29, 1.82) is 5.41 Å². The molecule has 5 nitrogen and oxygen atoms in total. The van der Waals surface area contributed by atoms with E-state index in [9.17, 15) is 0 Å². The Labute approximate surface area is 117 Å². The molecule has 1 aliphatic heterocycles. The first-order chi connectivity index (χ1) is 9.75. The van der Waals surface area contributed by atoms with Gasteiger partial charge in [-0.2, -0.15) is 0 Å². The summed E-state index contributed by atoms with van der Waals surface area (Å²) >= 11 is 0. The van der Waals surface area contributed by atoms with E-state index in [1.165, 1.54) is 0 Å². The van der Waals surface area contributed by atoms with Gasteiger partial charge in [0.2, 0.25) is 0 Å². The van der Waals surface area contributed by atoms with E-state index in [1.54, 1.807) is 12.3 Å². The van der Waals surface area contributed by atoms with E-state index >= 15 is 0 Å². The fourth-order valence-electron chi connectivity index (χ4n) is 2.30. The predicted molar refractivity (Wildman–Crippen MR) is 78.8 cm³/mol. The van der Waals surface area contributed by atoms with E-state index in [0.29, 0.717) is 12.3 Å². The maximum absolute atomic E-state index is 7.38. The number of pyridine rings is 1. The average molecular weight is 268 g/mol. The zero-order chi connectivity index (χ0) is 13.9. The summed E-state index contributed by atoms with van der Waals surface area (Å²) in [6.07, 6.45) is 2.70. The molecule has 20 heavy (non-hydrogen) atoms. The molecule has 3 rings (SSSR count). The van der Waals surface area contributed by atoms with Gasteiger partial charge in [-0.3, -0.25) is 10.4 Å². The van der Waals surface area contributed by atoms with Gasteiger partial charge in [0.15, 0.2) is 0 Å². The third-order valence-electron chi connectivity index (χ3n) is 3.28. The zero-order valence-corrected chi connectivity index (χ0v) is 11.0.